The van der Waals surface area contributed by atoms with E-state index in [2.05, 4.69) is 10.1 Å². The lowest BCUT2D eigenvalue weighted by molar-refractivity contribution is -0.112. The van der Waals surface area contributed by atoms with E-state index in [0.29, 0.717) is 11.5 Å². The van der Waals surface area contributed by atoms with Gasteiger partial charge in [0.2, 0.25) is 0 Å². The van der Waals surface area contributed by atoms with E-state index in [9.17, 15) is 4.79 Å². The maximum absolute atomic E-state index is 10.7. The molecule has 0 aliphatic carbocycles. The predicted octanol–water partition coefficient (Wildman–Crippen LogP) is 2.34. The molecule has 0 aliphatic rings. The molecule has 0 unspecified atom stereocenters. The van der Waals surface area contributed by atoms with E-state index in [1.54, 1.807) is 18.3 Å². The monoisotopic (exact) mass is 214 g/mol. The topological polar surface area (TPSA) is 56.0 Å². The molecule has 4 nitrogen and oxygen atoms in total. The molecule has 0 radical (unpaired) electrons. The third-order valence-electron chi connectivity index (χ3n) is 1.94. The molecule has 0 saturated carbocycles. The van der Waals surface area contributed by atoms with Gasteiger partial charge in [0.15, 0.2) is 11.5 Å². The number of pyridine rings is 1. The molecule has 0 N–H and O–H groups in total. The van der Waals surface area contributed by atoms with E-state index in [4.69, 9.17) is 4.52 Å². The van der Waals surface area contributed by atoms with Gasteiger partial charge in [-0.2, -0.15) is 0 Å². The summed E-state index contributed by atoms with van der Waals surface area (Å²) in [5, 5.41) is 3.86. The molecule has 4 heteroatoms. The Balaban J connectivity index is 2.23. The number of rotatable bonds is 3. The molecule has 0 atom stereocenters. The molecule has 0 aliphatic heterocycles. The lowest BCUT2D eigenvalue weighted by Crippen LogP contribution is -1.80. The predicted molar refractivity (Wildman–Crippen MR) is 59.4 cm³/mol. The zero-order valence-electron chi connectivity index (χ0n) is 8.75. The first kappa shape index (κ1) is 10.3. The van der Waals surface area contributed by atoms with Crippen molar-refractivity contribution in [1.29, 1.82) is 0 Å². The van der Waals surface area contributed by atoms with Crippen molar-refractivity contribution >= 4 is 11.9 Å². The number of carbonyl (C=O) groups excluding carboxylic acids is 1. The van der Waals surface area contributed by atoms with Gasteiger partial charge in [-0.05, 0) is 31.2 Å². The van der Waals surface area contributed by atoms with Gasteiger partial charge in [-0.1, -0.05) is 11.2 Å². The third-order valence-corrected chi connectivity index (χ3v) is 1.94. The van der Waals surface area contributed by atoms with E-state index in [1.165, 1.54) is 13.0 Å². The summed E-state index contributed by atoms with van der Waals surface area (Å²) in [5.41, 5.74) is 1.40. The summed E-state index contributed by atoms with van der Waals surface area (Å²) in [6, 6.07) is 7.29. The fourth-order valence-corrected chi connectivity index (χ4v) is 1.20. The zero-order valence-corrected chi connectivity index (χ0v) is 8.75. The van der Waals surface area contributed by atoms with Gasteiger partial charge < -0.3 is 4.52 Å². The number of aromatic nitrogens is 2. The molecule has 2 aromatic rings. The standard InChI is InChI=1S/C12H10N2O2/c1-9(15)5-6-10-8-12(14-16-10)11-4-2-3-7-13-11/h2-8H,1H3. The molecule has 2 heterocycles. The third kappa shape index (κ3) is 2.42. The minimum atomic E-state index is -0.0317. The van der Waals surface area contributed by atoms with E-state index in [-0.39, 0.29) is 5.78 Å². The Labute approximate surface area is 92.6 Å². The van der Waals surface area contributed by atoms with Gasteiger partial charge in [0.1, 0.15) is 5.69 Å². The second-order valence-electron chi connectivity index (χ2n) is 3.27. The van der Waals surface area contributed by atoms with Gasteiger partial charge in [0.05, 0.1) is 5.69 Å². The van der Waals surface area contributed by atoms with E-state index >= 15 is 0 Å². The van der Waals surface area contributed by atoms with Crippen LogP contribution in [0.3, 0.4) is 0 Å². The quantitative estimate of drug-likeness (QED) is 0.736. The second kappa shape index (κ2) is 4.53. The van der Waals surface area contributed by atoms with Crippen LogP contribution in [-0.2, 0) is 4.79 Å². The molecule has 16 heavy (non-hydrogen) atoms. The number of carbonyl (C=O) groups is 1. The van der Waals surface area contributed by atoms with Gasteiger partial charge in [-0.3, -0.25) is 9.78 Å². The molecule has 2 aromatic heterocycles. The summed E-state index contributed by atoms with van der Waals surface area (Å²) in [5.74, 6) is 0.506. The second-order valence-corrected chi connectivity index (χ2v) is 3.27. The maximum atomic E-state index is 10.7. The maximum Gasteiger partial charge on any atom is 0.160 e. The van der Waals surface area contributed by atoms with E-state index in [0.717, 1.165) is 5.69 Å². The lowest BCUT2D eigenvalue weighted by atomic mass is 10.2. The highest BCUT2D eigenvalue weighted by molar-refractivity contribution is 5.91. The normalized spacial score (nSPS) is 10.8. The van der Waals surface area contributed by atoms with Crippen molar-refractivity contribution in [2.24, 2.45) is 0 Å². The van der Waals surface area contributed by atoms with Crippen molar-refractivity contribution in [3.05, 3.63) is 42.3 Å². The largest absolute Gasteiger partial charge is 0.356 e. The van der Waals surface area contributed by atoms with Crippen molar-refractivity contribution < 1.29 is 9.32 Å². The SMILES string of the molecule is CC(=O)C=Cc1cc(-c2ccccn2)no1. The van der Waals surface area contributed by atoms with Crippen LogP contribution in [0.25, 0.3) is 17.5 Å². The minimum absolute atomic E-state index is 0.0317. The van der Waals surface area contributed by atoms with E-state index in [1.807, 2.05) is 18.2 Å². The highest BCUT2D eigenvalue weighted by atomic mass is 16.5. The van der Waals surface area contributed by atoms with Crippen LogP contribution in [0.2, 0.25) is 0 Å². The van der Waals surface area contributed by atoms with Gasteiger partial charge in [0, 0.05) is 12.3 Å². The summed E-state index contributed by atoms with van der Waals surface area (Å²) < 4.78 is 5.04. The van der Waals surface area contributed by atoms with Crippen LogP contribution >= 0.6 is 0 Å². The summed E-state index contributed by atoms with van der Waals surface area (Å²) in [6.45, 7) is 1.48. The Morgan fingerprint density at radius 1 is 1.38 bits per heavy atom. The summed E-state index contributed by atoms with van der Waals surface area (Å²) in [4.78, 5) is 14.9. The number of allylic oxidation sites excluding steroid dienone is 1. The Hall–Kier alpha value is -2.23. The average molecular weight is 214 g/mol. The smallest absolute Gasteiger partial charge is 0.160 e. The molecule has 0 bridgehead atoms. The van der Waals surface area contributed by atoms with Crippen molar-refractivity contribution in [2.45, 2.75) is 6.92 Å². The first-order valence-electron chi connectivity index (χ1n) is 4.82. The van der Waals surface area contributed by atoms with Crippen LogP contribution in [0.5, 0.6) is 0 Å². The fraction of sp³-hybridized carbons (Fsp3) is 0.0833. The molecule has 2 rings (SSSR count). The highest BCUT2D eigenvalue weighted by Crippen LogP contribution is 2.16. The molecule has 0 fully saturated rings. The van der Waals surface area contributed by atoms with Crippen LogP contribution in [0.4, 0.5) is 0 Å². The number of hydrogen-bond acceptors (Lipinski definition) is 4. The van der Waals surface area contributed by atoms with Crippen LogP contribution in [-0.4, -0.2) is 15.9 Å². The van der Waals surface area contributed by atoms with Gasteiger partial charge in [-0.25, -0.2) is 0 Å². The fourth-order valence-electron chi connectivity index (χ4n) is 1.20. The molecule has 0 spiro atoms. The summed E-state index contributed by atoms with van der Waals surface area (Å²) >= 11 is 0. The number of ketones is 1. The summed E-state index contributed by atoms with van der Waals surface area (Å²) in [6.07, 6.45) is 4.71. The van der Waals surface area contributed by atoms with Crippen molar-refractivity contribution in [3.8, 4) is 11.4 Å². The van der Waals surface area contributed by atoms with Crippen LogP contribution in [0.1, 0.15) is 12.7 Å². The molecular weight excluding hydrogens is 204 g/mol. The van der Waals surface area contributed by atoms with Crippen molar-refractivity contribution in [2.75, 3.05) is 0 Å². The number of hydrogen-bond donors (Lipinski definition) is 0. The van der Waals surface area contributed by atoms with Crippen LogP contribution in [0.15, 0.2) is 41.1 Å². The molecular formula is C12H10N2O2. The first-order valence-corrected chi connectivity index (χ1v) is 4.82. The van der Waals surface area contributed by atoms with Crippen molar-refractivity contribution in [1.82, 2.24) is 10.1 Å². The Morgan fingerprint density at radius 3 is 2.94 bits per heavy atom. The van der Waals surface area contributed by atoms with Gasteiger partial charge >= 0.3 is 0 Å². The number of nitrogens with zero attached hydrogens (tertiary/aromatic N) is 2. The van der Waals surface area contributed by atoms with Crippen molar-refractivity contribution in [3.63, 3.8) is 0 Å². The average Bonchev–Trinajstić information content (AvgIpc) is 2.76. The summed E-state index contributed by atoms with van der Waals surface area (Å²) in [7, 11) is 0. The zero-order chi connectivity index (χ0) is 11.4. The highest BCUT2D eigenvalue weighted by Gasteiger charge is 2.04. The Morgan fingerprint density at radius 2 is 2.25 bits per heavy atom. The molecule has 0 amide bonds. The molecule has 0 aromatic carbocycles. The molecule has 80 valence electrons. The first-order chi connectivity index (χ1) is 7.75. The Kier molecular flexibility index (Phi) is 2.91. The van der Waals surface area contributed by atoms with Gasteiger partial charge in [0.25, 0.3) is 0 Å². The Bertz CT molecular complexity index is 515. The molecule has 0 saturated heterocycles. The minimum Gasteiger partial charge on any atom is -0.356 e. The lowest BCUT2D eigenvalue weighted by Gasteiger charge is -1.89. The van der Waals surface area contributed by atoms with Crippen LogP contribution < -0.4 is 0 Å². The van der Waals surface area contributed by atoms with Crippen LogP contribution in [0, 0.1) is 0 Å². The van der Waals surface area contributed by atoms with E-state index < -0.39 is 0 Å². The van der Waals surface area contributed by atoms with Gasteiger partial charge in [-0.15, -0.1) is 0 Å².